The maximum absolute atomic E-state index is 11.1. The summed E-state index contributed by atoms with van der Waals surface area (Å²) in [6.45, 7) is 3.44. The van der Waals surface area contributed by atoms with Crippen LogP contribution in [0.1, 0.15) is 33.4 Å². The number of pyridine rings is 2. The number of aromatic nitrogens is 2. The van der Waals surface area contributed by atoms with Gasteiger partial charge in [0.1, 0.15) is 23.9 Å². The molecule has 0 bridgehead atoms. The summed E-state index contributed by atoms with van der Waals surface area (Å²) < 4.78 is 12.1. The van der Waals surface area contributed by atoms with Crippen molar-refractivity contribution in [2.24, 2.45) is 0 Å². The van der Waals surface area contributed by atoms with Crippen LogP contribution in [0.3, 0.4) is 0 Å². The first-order valence-electron chi connectivity index (χ1n) is 14.7. The van der Waals surface area contributed by atoms with Crippen molar-refractivity contribution in [1.82, 2.24) is 9.97 Å². The van der Waals surface area contributed by atoms with Crippen molar-refractivity contribution in [1.29, 1.82) is 0 Å². The van der Waals surface area contributed by atoms with Crippen LogP contribution in [0.25, 0.3) is 11.1 Å². The quantitative estimate of drug-likeness (QED) is 0.121. The van der Waals surface area contributed by atoms with Crippen LogP contribution in [0, 0.1) is 34.1 Å². The number of benzene rings is 4. The summed E-state index contributed by atoms with van der Waals surface area (Å²) >= 11 is 0. The van der Waals surface area contributed by atoms with E-state index in [0.29, 0.717) is 34.4 Å². The van der Waals surface area contributed by atoms with Crippen molar-refractivity contribution >= 4 is 11.4 Å². The van der Waals surface area contributed by atoms with E-state index in [1.807, 2.05) is 72.8 Å². The van der Waals surface area contributed by atoms with Gasteiger partial charge in [0.2, 0.25) is 11.8 Å². The Bertz CT molecular complexity index is 2030. The van der Waals surface area contributed by atoms with Gasteiger partial charge in [-0.3, -0.25) is 20.2 Å². The molecule has 10 heteroatoms. The van der Waals surface area contributed by atoms with E-state index in [1.54, 1.807) is 13.8 Å². The molecule has 0 saturated carbocycles. The van der Waals surface area contributed by atoms with E-state index in [4.69, 9.17) is 9.47 Å². The van der Waals surface area contributed by atoms with E-state index >= 15 is 0 Å². The SMILES string of the molecule is Cc1cc([N+](=O)[O-])cnc1Oc1ccc(C2(c3ccc(Oc4ncc([N+](=O)[O-])cc4C)cc3)c3ccccc3-c3ccccc32)cc1. The number of ether oxygens (including phenoxy) is 2. The molecule has 1 aliphatic carbocycles. The highest BCUT2D eigenvalue weighted by molar-refractivity contribution is 5.86. The average Bonchev–Trinajstić information content (AvgIpc) is 3.38. The number of nitro groups is 2. The van der Waals surface area contributed by atoms with E-state index < -0.39 is 15.3 Å². The lowest BCUT2D eigenvalue weighted by Gasteiger charge is -2.34. The Morgan fingerprint density at radius 3 is 1.32 bits per heavy atom. The zero-order valence-corrected chi connectivity index (χ0v) is 25.3. The molecule has 0 fully saturated rings. The van der Waals surface area contributed by atoms with Gasteiger partial charge < -0.3 is 9.47 Å². The predicted octanol–water partition coefficient (Wildman–Crippen LogP) is 8.86. The van der Waals surface area contributed by atoms with Crippen LogP contribution in [0.2, 0.25) is 0 Å². The lowest BCUT2D eigenvalue weighted by atomic mass is 9.68. The maximum atomic E-state index is 11.1. The van der Waals surface area contributed by atoms with Crippen molar-refractivity contribution in [3.63, 3.8) is 0 Å². The van der Waals surface area contributed by atoms with E-state index in [1.165, 1.54) is 24.5 Å². The molecule has 6 aromatic rings. The molecule has 230 valence electrons. The second kappa shape index (κ2) is 11.5. The van der Waals surface area contributed by atoms with E-state index in [2.05, 4.69) is 34.2 Å². The topological polar surface area (TPSA) is 131 Å². The fraction of sp³-hybridized carbons (Fsp3) is 0.0811. The maximum Gasteiger partial charge on any atom is 0.288 e. The molecule has 7 rings (SSSR count). The number of fused-ring (bicyclic) bond motifs is 3. The van der Waals surface area contributed by atoms with Gasteiger partial charge in [-0.25, -0.2) is 9.97 Å². The van der Waals surface area contributed by atoms with Gasteiger partial charge in [0, 0.05) is 23.3 Å². The van der Waals surface area contributed by atoms with E-state index in [0.717, 1.165) is 33.4 Å². The van der Waals surface area contributed by atoms with Crippen LogP contribution in [0.15, 0.2) is 122 Å². The first-order chi connectivity index (χ1) is 22.8. The summed E-state index contributed by atoms with van der Waals surface area (Å²) in [5.74, 6) is 1.68. The zero-order valence-electron chi connectivity index (χ0n) is 25.3. The van der Waals surface area contributed by atoms with Gasteiger partial charge >= 0.3 is 0 Å². The Hall–Kier alpha value is -6.42. The van der Waals surface area contributed by atoms with Crippen molar-refractivity contribution < 1.29 is 19.3 Å². The van der Waals surface area contributed by atoms with Crippen LogP contribution in [-0.4, -0.2) is 19.8 Å². The smallest absolute Gasteiger partial charge is 0.288 e. The third-order valence-electron chi connectivity index (χ3n) is 8.41. The van der Waals surface area contributed by atoms with Crippen molar-refractivity contribution in [3.05, 3.63) is 175 Å². The van der Waals surface area contributed by atoms with Gasteiger partial charge in [0.25, 0.3) is 11.4 Å². The average molecular weight is 623 g/mol. The van der Waals surface area contributed by atoms with E-state index in [9.17, 15) is 20.2 Å². The fourth-order valence-electron chi connectivity index (χ4n) is 6.30. The molecule has 0 spiro atoms. The standard InChI is InChI=1S/C37H26N4O6/c1-23-19-27(40(42)43)21-38-35(23)46-29-15-11-25(12-16-29)37(33-9-5-3-7-31(33)32-8-4-6-10-34(32)37)26-13-17-30(18-14-26)47-36-24(2)20-28(22-39-36)41(44)45/h3-22H,1-2H3. The molecule has 0 atom stereocenters. The molecule has 1 aliphatic rings. The van der Waals surface area contributed by atoms with Crippen molar-refractivity contribution in [2.45, 2.75) is 19.3 Å². The van der Waals surface area contributed by atoms with Gasteiger partial charge in [-0.05, 0) is 71.5 Å². The summed E-state index contributed by atoms with van der Waals surface area (Å²) in [5, 5.41) is 22.3. The van der Waals surface area contributed by atoms with Crippen LogP contribution in [-0.2, 0) is 5.41 Å². The number of hydrogen-bond acceptors (Lipinski definition) is 8. The van der Waals surface area contributed by atoms with Gasteiger partial charge in [-0.2, -0.15) is 0 Å². The lowest BCUT2D eigenvalue weighted by molar-refractivity contribution is -0.385. The highest BCUT2D eigenvalue weighted by Gasteiger charge is 2.45. The van der Waals surface area contributed by atoms with Gasteiger partial charge in [0.05, 0.1) is 15.3 Å². The highest BCUT2D eigenvalue weighted by Crippen LogP contribution is 2.56. The van der Waals surface area contributed by atoms with Gasteiger partial charge in [-0.1, -0.05) is 72.8 Å². The first-order valence-corrected chi connectivity index (χ1v) is 14.7. The molecule has 0 N–H and O–H groups in total. The molecule has 2 heterocycles. The second-order valence-corrected chi connectivity index (χ2v) is 11.2. The normalized spacial score (nSPS) is 12.6. The fourth-order valence-corrected chi connectivity index (χ4v) is 6.30. The molecule has 10 nitrogen and oxygen atoms in total. The third kappa shape index (κ3) is 5.01. The number of rotatable bonds is 8. The molecule has 4 aromatic carbocycles. The largest absolute Gasteiger partial charge is 0.439 e. The Labute approximate surface area is 269 Å². The molecular weight excluding hydrogens is 596 g/mol. The summed E-state index contributed by atoms with van der Waals surface area (Å²) in [6, 6.07) is 35.2. The number of aryl methyl sites for hydroxylation is 2. The van der Waals surface area contributed by atoms with Crippen LogP contribution in [0.4, 0.5) is 11.4 Å². The highest BCUT2D eigenvalue weighted by atomic mass is 16.6. The summed E-state index contributed by atoms with van der Waals surface area (Å²) in [5.41, 5.74) is 6.80. The molecule has 2 aromatic heterocycles. The lowest BCUT2D eigenvalue weighted by Crippen LogP contribution is -2.28. The second-order valence-electron chi connectivity index (χ2n) is 11.2. The molecule has 0 saturated heterocycles. The van der Waals surface area contributed by atoms with Crippen molar-refractivity contribution in [3.8, 4) is 34.4 Å². The minimum atomic E-state index is -0.673. The summed E-state index contributed by atoms with van der Waals surface area (Å²) in [6.07, 6.45) is 2.37. The molecule has 47 heavy (non-hydrogen) atoms. The monoisotopic (exact) mass is 622 g/mol. The first kappa shape index (κ1) is 29.3. The van der Waals surface area contributed by atoms with Gasteiger partial charge in [0.15, 0.2) is 0 Å². The number of nitrogens with zero attached hydrogens (tertiary/aromatic N) is 4. The zero-order chi connectivity index (χ0) is 32.7. The molecule has 0 amide bonds. The Balaban J connectivity index is 1.30. The number of hydrogen-bond donors (Lipinski definition) is 0. The Morgan fingerprint density at radius 1 is 0.574 bits per heavy atom. The van der Waals surface area contributed by atoms with Gasteiger partial charge in [-0.15, -0.1) is 0 Å². The Kier molecular flexibility index (Phi) is 7.17. The minimum Gasteiger partial charge on any atom is -0.439 e. The Morgan fingerprint density at radius 2 is 0.957 bits per heavy atom. The summed E-state index contributed by atoms with van der Waals surface area (Å²) in [7, 11) is 0. The van der Waals surface area contributed by atoms with E-state index in [-0.39, 0.29) is 11.4 Å². The minimum absolute atomic E-state index is 0.0961. The van der Waals surface area contributed by atoms with Crippen LogP contribution in [0.5, 0.6) is 23.3 Å². The molecular formula is C37H26N4O6. The molecule has 0 aliphatic heterocycles. The predicted molar refractivity (Wildman–Crippen MR) is 175 cm³/mol. The van der Waals surface area contributed by atoms with Crippen molar-refractivity contribution in [2.75, 3.05) is 0 Å². The summed E-state index contributed by atoms with van der Waals surface area (Å²) in [4.78, 5) is 29.7. The molecule has 0 radical (unpaired) electrons. The molecule has 0 unspecified atom stereocenters. The van der Waals surface area contributed by atoms with Crippen LogP contribution < -0.4 is 9.47 Å². The third-order valence-corrected chi connectivity index (χ3v) is 8.41. The van der Waals surface area contributed by atoms with Crippen LogP contribution >= 0.6 is 0 Å².